The van der Waals surface area contributed by atoms with Crippen LogP contribution in [0.3, 0.4) is 0 Å². The molecule has 3 atom stereocenters. The van der Waals surface area contributed by atoms with Gasteiger partial charge in [0.05, 0.1) is 11.5 Å². The molecule has 15 nitrogen and oxygen atoms in total. The van der Waals surface area contributed by atoms with Crippen LogP contribution in [0.25, 0.3) is 10.8 Å². The molecule has 0 saturated carbocycles. The van der Waals surface area contributed by atoms with Gasteiger partial charge in [0.15, 0.2) is 0 Å². The number of carboxylic acid groups (broad SMARTS) is 3. The summed E-state index contributed by atoms with van der Waals surface area (Å²) in [5.74, 6) is -6.54. The molecule has 0 spiro atoms. The third kappa shape index (κ3) is 9.12. The van der Waals surface area contributed by atoms with Crippen molar-refractivity contribution in [2.75, 3.05) is 25.6 Å². The number of carbonyl (C=O) groups excluding carboxylic acids is 2. The Labute approximate surface area is 235 Å². The van der Waals surface area contributed by atoms with Gasteiger partial charge in [-0.2, -0.15) is 4.72 Å². The number of amides is 2. The number of aliphatic hydroxyl groups is 1. The Morgan fingerprint density at radius 1 is 0.780 bits per heavy atom. The zero-order chi connectivity index (χ0) is 30.9. The fourth-order valence-corrected chi connectivity index (χ4v) is 5.33. The van der Waals surface area contributed by atoms with Gasteiger partial charge >= 0.3 is 17.9 Å². The molecular weight excluding hydrogens is 564 g/mol. The molecule has 0 radical (unpaired) electrons. The van der Waals surface area contributed by atoms with Crippen LogP contribution >= 0.6 is 0 Å². The lowest BCUT2D eigenvalue weighted by Crippen LogP contribution is -2.56. The van der Waals surface area contributed by atoms with Crippen molar-refractivity contribution in [3.05, 3.63) is 36.4 Å². The molecule has 41 heavy (non-hydrogen) atoms. The molecule has 2 amide bonds. The first-order valence-corrected chi connectivity index (χ1v) is 13.8. The highest BCUT2D eigenvalue weighted by Crippen LogP contribution is 2.30. The second kappa shape index (κ2) is 14.4. The van der Waals surface area contributed by atoms with Crippen molar-refractivity contribution in [3.8, 4) is 0 Å². The van der Waals surface area contributed by atoms with Crippen molar-refractivity contribution in [3.63, 3.8) is 0 Å². The van der Waals surface area contributed by atoms with Crippen molar-refractivity contribution in [1.29, 1.82) is 0 Å². The number of anilines is 1. The molecule has 0 aromatic heterocycles. The topological polar surface area (TPSA) is 240 Å². The number of nitrogens with one attached hydrogen (secondary N) is 3. The van der Waals surface area contributed by atoms with Crippen LogP contribution in [-0.4, -0.2) is 97.4 Å². The quantitative estimate of drug-likeness (QED) is 0.128. The van der Waals surface area contributed by atoms with Gasteiger partial charge in [0.25, 0.3) is 0 Å². The Morgan fingerprint density at radius 2 is 1.29 bits per heavy atom. The Morgan fingerprint density at radius 3 is 1.83 bits per heavy atom. The van der Waals surface area contributed by atoms with Crippen LogP contribution in [0.4, 0.5) is 5.69 Å². The van der Waals surface area contributed by atoms with Crippen molar-refractivity contribution >= 4 is 56.2 Å². The second-order valence-electron chi connectivity index (χ2n) is 9.20. The number of carboxylic acids is 3. The molecule has 0 saturated heterocycles. The average molecular weight is 597 g/mol. The van der Waals surface area contributed by atoms with E-state index in [1.807, 2.05) is 0 Å². The van der Waals surface area contributed by atoms with Gasteiger partial charge in [-0.05, 0) is 25.0 Å². The smallest absolute Gasteiger partial charge is 0.326 e. The molecule has 2 aromatic carbocycles. The van der Waals surface area contributed by atoms with Crippen LogP contribution in [0.5, 0.6) is 0 Å². The van der Waals surface area contributed by atoms with Crippen LogP contribution in [0.15, 0.2) is 41.3 Å². The van der Waals surface area contributed by atoms with E-state index in [0.717, 1.165) is 5.69 Å². The van der Waals surface area contributed by atoms with Crippen LogP contribution in [0.1, 0.15) is 25.7 Å². The van der Waals surface area contributed by atoms with Gasteiger partial charge in [-0.25, -0.2) is 13.2 Å². The molecule has 0 aliphatic carbocycles. The number of rotatable bonds is 16. The second-order valence-corrected chi connectivity index (χ2v) is 10.9. The predicted molar refractivity (Wildman–Crippen MR) is 145 cm³/mol. The highest BCUT2D eigenvalue weighted by molar-refractivity contribution is 7.89. The largest absolute Gasteiger partial charge is 0.481 e. The summed E-state index contributed by atoms with van der Waals surface area (Å²) >= 11 is 0. The molecule has 2 aromatic rings. The molecule has 7 N–H and O–H groups in total. The Balaban J connectivity index is 2.30. The minimum atomic E-state index is -4.43. The fraction of sp³-hybridized carbons (Fsp3) is 0.400. The summed E-state index contributed by atoms with van der Waals surface area (Å²) in [6.07, 6.45) is -2.23. The minimum Gasteiger partial charge on any atom is -0.481 e. The number of hydrogen-bond acceptors (Lipinski definition) is 9. The normalized spacial score (nSPS) is 13.5. The summed E-state index contributed by atoms with van der Waals surface area (Å²) in [6.45, 7) is -1.04. The molecule has 16 heteroatoms. The van der Waals surface area contributed by atoms with E-state index in [0.29, 0.717) is 10.8 Å². The summed E-state index contributed by atoms with van der Waals surface area (Å²) in [7, 11) is -0.871. The van der Waals surface area contributed by atoms with Crippen LogP contribution in [0, 0.1) is 0 Å². The monoisotopic (exact) mass is 596 g/mol. The fourth-order valence-electron chi connectivity index (χ4n) is 3.92. The van der Waals surface area contributed by atoms with Crippen molar-refractivity contribution in [1.82, 2.24) is 15.4 Å². The van der Waals surface area contributed by atoms with Gasteiger partial charge in [0.1, 0.15) is 18.1 Å². The van der Waals surface area contributed by atoms with E-state index in [9.17, 15) is 42.6 Å². The first-order chi connectivity index (χ1) is 19.2. The Hall–Kier alpha value is -4.28. The molecule has 224 valence electrons. The van der Waals surface area contributed by atoms with Crippen LogP contribution in [-0.2, 0) is 34.0 Å². The van der Waals surface area contributed by atoms with Crippen LogP contribution in [0.2, 0.25) is 0 Å². The van der Waals surface area contributed by atoms with Gasteiger partial charge in [0, 0.05) is 43.4 Å². The maximum atomic E-state index is 13.3. The van der Waals surface area contributed by atoms with Crippen LogP contribution < -0.4 is 20.3 Å². The molecule has 0 aliphatic rings. The molecular formula is C25H32N4O11S. The lowest BCUT2D eigenvalue weighted by molar-refractivity contribution is -0.144. The lowest BCUT2D eigenvalue weighted by atomic mass is 10.1. The Kier molecular flexibility index (Phi) is 11.5. The molecule has 0 heterocycles. The van der Waals surface area contributed by atoms with Crippen molar-refractivity contribution < 1.29 is 52.8 Å². The number of benzene rings is 2. The van der Waals surface area contributed by atoms with Gasteiger partial charge < -0.3 is 36.0 Å². The molecule has 0 unspecified atom stereocenters. The number of fused-ring (bicyclic) bond motifs is 1. The maximum Gasteiger partial charge on any atom is 0.326 e. The number of aliphatic carboxylic acids is 3. The first kappa shape index (κ1) is 32.9. The van der Waals surface area contributed by atoms with Crippen molar-refractivity contribution in [2.45, 2.75) is 48.7 Å². The summed E-state index contributed by atoms with van der Waals surface area (Å²) in [4.78, 5) is 60.7. The number of hydrogen-bond donors (Lipinski definition) is 7. The number of aliphatic hydroxyl groups excluding tert-OH is 1. The van der Waals surface area contributed by atoms with Gasteiger partial charge in [-0.15, -0.1) is 0 Å². The standard InChI is InChI=1S/C25H32N4O11S/c1-29(2)19-7-3-6-15-14(19)5-4-8-20(15)41(39,40)28-18(13-30)24(36)26-16(9-11-21(31)32)23(35)27-17(25(37)38)10-12-22(33)34/h3-8,16-18,28,30H,9-13H2,1-2H3,(H,26,36)(H,27,35)(H,31,32)(H,33,34)(H,37,38)/t16-,17-,18-/m0/s1. The Bertz CT molecular complexity index is 1410. The lowest BCUT2D eigenvalue weighted by Gasteiger charge is -2.23. The molecule has 2 rings (SSSR count). The van der Waals surface area contributed by atoms with E-state index in [1.54, 1.807) is 43.3 Å². The van der Waals surface area contributed by atoms with Gasteiger partial charge in [0.2, 0.25) is 21.8 Å². The maximum absolute atomic E-state index is 13.3. The molecule has 0 fully saturated rings. The first-order valence-electron chi connectivity index (χ1n) is 12.3. The average Bonchev–Trinajstić information content (AvgIpc) is 2.90. The number of carbonyl (C=O) groups is 5. The van der Waals surface area contributed by atoms with E-state index in [1.165, 1.54) is 12.1 Å². The summed E-state index contributed by atoms with van der Waals surface area (Å²) in [5.41, 5.74) is 0.728. The summed E-state index contributed by atoms with van der Waals surface area (Å²) in [6, 6.07) is 4.42. The van der Waals surface area contributed by atoms with Crippen molar-refractivity contribution in [2.24, 2.45) is 0 Å². The highest BCUT2D eigenvalue weighted by Gasteiger charge is 2.32. The summed E-state index contributed by atoms with van der Waals surface area (Å²) in [5, 5.41) is 42.1. The minimum absolute atomic E-state index is 0.187. The molecule has 0 bridgehead atoms. The van der Waals surface area contributed by atoms with Gasteiger partial charge in [-0.3, -0.25) is 19.2 Å². The van der Waals surface area contributed by atoms with E-state index in [4.69, 9.17) is 10.2 Å². The zero-order valence-electron chi connectivity index (χ0n) is 22.2. The predicted octanol–water partition coefficient (Wildman–Crippen LogP) is -0.671. The molecule has 0 aliphatic heterocycles. The van der Waals surface area contributed by atoms with E-state index < -0.39 is 90.2 Å². The number of nitrogens with zero attached hydrogens (tertiary/aromatic N) is 1. The highest BCUT2D eigenvalue weighted by atomic mass is 32.2. The van der Waals surface area contributed by atoms with Gasteiger partial charge in [-0.1, -0.05) is 24.3 Å². The third-order valence-corrected chi connectivity index (χ3v) is 7.50. The van der Waals surface area contributed by atoms with E-state index >= 15 is 0 Å². The van der Waals surface area contributed by atoms with E-state index in [2.05, 4.69) is 15.4 Å². The number of sulfonamides is 1. The third-order valence-electron chi connectivity index (χ3n) is 5.97. The summed E-state index contributed by atoms with van der Waals surface area (Å²) < 4.78 is 28.7. The van der Waals surface area contributed by atoms with E-state index in [-0.39, 0.29) is 4.90 Å². The SMILES string of the molecule is CN(C)c1cccc2c(S(=O)(=O)N[C@@H](CO)C(=O)N[C@@H](CCC(=O)O)C(=O)N[C@@H](CCC(=O)O)C(=O)O)cccc12. The zero-order valence-corrected chi connectivity index (χ0v) is 23.1.